The van der Waals surface area contributed by atoms with Crippen molar-refractivity contribution in [2.75, 3.05) is 6.54 Å². The fraction of sp³-hybridized carbons (Fsp3) is 0.538. The molecular weight excluding hydrogens is 415 g/mol. The van der Waals surface area contributed by atoms with Crippen molar-refractivity contribution in [3.05, 3.63) is 71.8 Å². The first kappa shape index (κ1) is 24.7. The Labute approximate surface area is 188 Å². The maximum atomic E-state index is 14.3. The molecule has 1 aliphatic rings. The summed E-state index contributed by atoms with van der Waals surface area (Å²) in [5.74, 6) is 0.187. The van der Waals surface area contributed by atoms with Gasteiger partial charge in [-0.25, -0.2) is 0 Å². The van der Waals surface area contributed by atoms with Crippen LogP contribution in [0.15, 0.2) is 60.7 Å². The van der Waals surface area contributed by atoms with Gasteiger partial charge in [-0.15, -0.1) is 0 Å². The predicted molar refractivity (Wildman–Crippen MR) is 120 cm³/mol. The molecule has 1 fully saturated rings. The molecule has 2 aromatic carbocycles. The minimum Gasteiger partial charge on any atom is -0.393 e. The Bertz CT molecular complexity index is 856. The van der Waals surface area contributed by atoms with Gasteiger partial charge < -0.3 is 10.2 Å². The van der Waals surface area contributed by atoms with Crippen molar-refractivity contribution in [1.82, 2.24) is 4.90 Å². The van der Waals surface area contributed by atoms with Gasteiger partial charge >= 0.3 is 6.18 Å². The highest BCUT2D eigenvalue weighted by atomic mass is 19.4. The Balaban J connectivity index is 2.02. The molecule has 0 bridgehead atoms. The molecule has 3 rings (SSSR count). The lowest BCUT2D eigenvalue weighted by atomic mass is 9.70. The van der Waals surface area contributed by atoms with E-state index in [2.05, 4.69) is 6.92 Å². The van der Waals surface area contributed by atoms with E-state index in [0.29, 0.717) is 12.3 Å². The highest BCUT2D eigenvalue weighted by molar-refractivity contribution is 5.25. The monoisotopic (exact) mass is 449 g/mol. The summed E-state index contributed by atoms with van der Waals surface area (Å²) in [5.41, 5.74) is -3.13. The van der Waals surface area contributed by atoms with Crippen molar-refractivity contribution in [1.29, 1.82) is 0 Å². The SMILES string of the molecule is C[C@@H]1CC[C@@H](C(C)(C)N(Cc2ccccc2)C[C@@](O)(c2ccccc2)C(F)(F)F)[C@H](O)C1. The van der Waals surface area contributed by atoms with Crippen LogP contribution in [0.2, 0.25) is 0 Å². The second-order valence-corrected chi connectivity index (χ2v) is 9.81. The normalized spacial score (nSPS) is 24.3. The Morgan fingerprint density at radius 1 is 0.938 bits per heavy atom. The maximum Gasteiger partial charge on any atom is 0.422 e. The summed E-state index contributed by atoms with van der Waals surface area (Å²) in [6, 6.07) is 16.6. The van der Waals surface area contributed by atoms with Gasteiger partial charge in [-0.05, 0) is 43.7 Å². The van der Waals surface area contributed by atoms with Crippen LogP contribution in [0.3, 0.4) is 0 Å². The van der Waals surface area contributed by atoms with Crippen LogP contribution in [-0.4, -0.2) is 39.5 Å². The average molecular weight is 450 g/mol. The summed E-state index contributed by atoms with van der Waals surface area (Å²) in [5, 5.41) is 22.0. The molecular formula is C26H34F3NO2. The van der Waals surface area contributed by atoms with E-state index >= 15 is 0 Å². The molecule has 2 N–H and O–H groups in total. The molecule has 0 heterocycles. The summed E-state index contributed by atoms with van der Waals surface area (Å²) in [6.07, 6.45) is -3.17. The molecule has 0 unspecified atom stereocenters. The minimum absolute atomic E-state index is 0.181. The van der Waals surface area contributed by atoms with Gasteiger partial charge in [0.2, 0.25) is 0 Å². The molecule has 4 atom stereocenters. The Morgan fingerprint density at radius 3 is 2.03 bits per heavy atom. The summed E-state index contributed by atoms with van der Waals surface area (Å²) in [6.45, 7) is 5.48. The summed E-state index contributed by atoms with van der Waals surface area (Å²) >= 11 is 0. The maximum absolute atomic E-state index is 14.3. The van der Waals surface area contributed by atoms with Crippen LogP contribution in [0.25, 0.3) is 0 Å². The van der Waals surface area contributed by atoms with E-state index in [1.807, 2.05) is 44.2 Å². The number of benzene rings is 2. The second kappa shape index (κ2) is 9.54. The van der Waals surface area contributed by atoms with E-state index in [1.54, 1.807) is 11.0 Å². The smallest absolute Gasteiger partial charge is 0.393 e. The van der Waals surface area contributed by atoms with Crippen LogP contribution in [0.1, 0.15) is 51.2 Å². The molecule has 0 aliphatic heterocycles. The number of halogens is 3. The number of aliphatic hydroxyl groups excluding tert-OH is 1. The Kier molecular flexibility index (Phi) is 7.38. The molecule has 2 aromatic rings. The first-order valence-electron chi connectivity index (χ1n) is 11.3. The number of β-amino-alcohol motifs (C(OH)–C–C–N with tert-alkyl or cyclic N) is 1. The molecule has 0 spiro atoms. The number of hydrogen-bond acceptors (Lipinski definition) is 3. The van der Waals surface area contributed by atoms with Crippen LogP contribution in [0, 0.1) is 11.8 Å². The van der Waals surface area contributed by atoms with Crippen LogP contribution in [-0.2, 0) is 12.1 Å². The zero-order chi connectivity index (χ0) is 23.6. The van der Waals surface area contributed by atoms with Gasteiger partial charge in [0, 0.05) is 24.5 Å². The number of hydrogen-bond donors (Lipinski definition) is 2. The molecule has 1 saturated carbocycles. The van der Waals surface area contributed by atoms with Crippen LogP contribution < -0.4 is 0 Å². The number of aliphatic hydroxyl groups is 2. The van der Waals surface area contributed by atoms with E-state index in [-0.39, 0.29) is 18.0 Å². The van der Waals surface area contributed by atoms with Gasteiger partial charge in [-0.1, -0.05) is 74.0 Å². The van der Waals surface area contributed by atoms with Crippen molar-refractivity contribution in [2.24, 2.45) is 11.8 Å². The molecule has 1 aliphatic carbocycles. The van der Waals surface area contributed by atoms with E-state index in [9.17, 15) is 23.4 Å². The van der Waals surface area contributed by atoms with E-state index in [0.717, 1.165) is 18.4 Å². The second-order valence-electron chi connectivity index (χ2n) is 9.81. The molecule has 0 radical (unpaired) electrons. The van der Waals surface area contributed by atoms with Crippen LogP contribution in [0.5, 0.6) is 0 Å². The highest BCUT2D eigenvalue weighted by Gasteiger charge is 2.57. The zero-order valence-corrected chi connectivity index (χ0v) is 19.0. The summed E-state index contributed by atoms with van der Waals surface area (Å²) < 4.78 is 43.0. The first-order chi connectivity index (χ1) is 14.9. The van der Waals surface area contributed by atoms with E-state index < -0.39 is 30.0 Å². The lowest BCUT2D eigenvalue weighted by Gasteiger charge is -2.50. The number of nitrogens with zero attached hydrogens (tertiary/aromatic N) is 1. The third-order valence-corrected chi connectivity index (χ3v) is 7.16. The molecule has 32 heavy (non-hydrogen) atoms. The largest absolute Gasteiger partial charge is 0.422 e. The first-order valence-corrected chi connectivity index (χ1v) is 11.3. The highest BCUT2D eigenvalue weighted by Crippen LogP contribution is 2.44. The van der Waals surface area contributed by atoms with E-state index in [4.69, 9.17) is 0 Å². The summed E-state index contributed by atoms with van der Waals surface area (Å²) in [4.78, 5) is 1.70. The summed E-state index contributed by atoms with van der Waals surface area (Å²) in [7, 11) is 0. The van der Waals surface area contributed by atoms with Crippen molar-refractivity contribution >= 4 is 0 Å². The van der Waals surface area contributed by atoms with Gasteiger partial charge in [0.25, 0.3) is 0 Å². The number of rotatable bonds is 7. The van der Waals surface area contributed by atoms with Crippen molar-refractivity contribution in [3.8, 4) is 0 Å². The van der Waals surface area contributed by atoms with E-state index in [1.165, 1.54) is 24.3 Å². The van der Waals surface area contributed by atoms with Gasteiger partial charge in [0.1, 0.15) is 0 Å². The quantitative estimate of drug-likeness (QED) is 0.585. The Hall–Kier alpha value is -1.89. The van der Waals surface area contributed by atoms with Crippen molar-refractivity contribution in [3.63, 3.8) is 0 Å². The molecule has 3 nitrogen and oxygen atoms in total. The standard InChI is InChI=1S/C26H34F3NO2/c1-19-14-15-22(23(31)16-19)24(2,3)30(17-20-10-6-4-7-11-20)18-25(32,26(27,28)29)21-12-8-5-9-13-21/h4-13,19,22-23,31-32H,14-18H2,1-3H3/t19-,22-,23-,25-/m1/s1. The van der Waals surface area contributed by atoms with Crippen molar-refractivity contribution in [2.45, 2.75) is 70.0 Å². The third-order valence-electron chi connectivity index (χ3n) is 7.16. The fourth-order valence-electron chi connectivity index (χ4n) is 5.01. The molecule has 0 amide bonds. The van der Waals surface area contributed by atoms with Crippen molar-refractivity contribution < 1.29 is 23.4 Å². The minimum atomic E-state index is -4.86. The molecule has 0 aromatic heterocycles. The predicted octanol–water partition coefficient (Wildman–Crippen LogP) is 5.51. The lowest BCUT2D eigenvalue weighted by molar-refractivity contribution is -0.277. The van der Waals surface area contributed by atoms with Crippen LogP contribution in [0.4, 0.5) is 13.2 Å². The molecule has 176 valence electrons. The third kappa shape index (κ3) is 5.19. The molecule has 6 heteroatoms. The Morgan fingerprint density at radius 2 is 1.50 bits per heavy atom. The molecule has 0 saturated heterocycles. The van der Waals surface area contributed by atoms with Gasteiger partial charge in [0.05, 0.1) is 6.10 Å². The van der Waals surface area contributed by atoms with Gasteiger partial charge in [0.15, 0.2) is 5.60 Å². The topological polar surface area (TPSA) is 43.7 Å². The number of alkyl halides is 3. The van der Waals surface area contributed by atoms with Crippen LogP contribution >= 0.6 is 0 Å². The average Bonchev–Trinajstić information content (AvgIpc) is 2.73. The zero-order valence-electron chi connectivity index (χ0n) is 19.0. The fourth-order valence-corrected chi connectivity index (χ4v) is 5.01. The lowest BCUT2D eigenvalue weighted by Crippen LogP contribution is -2.60. The van der Waals surface area contributed by atoms with Gasteiger partial charge in [-0.3, -0.25) is 4.90 Å². The van der Waals surface area contributed by atoms with Gasteiger partial charge in [-0.2, -0.15) is 13.2 Å².